The molecule has 2 N–H and O–H groups in total. The van der Waals surface area contributed by atoms with Crippen molar-refractivity contribution in [1.29, 1.82) is 0 Å². The van der Waals surface area contributed by atoms with Crippen LogP contribution >= 0.6 is 0 Å². The Labute approximate surface area is 105 Å². The molecule has 1 aliphatic heterocycles. The molecule has 1 fully saturated rings. The van der Waals surface area contributed by atoms with E-state index < -0.39 is 18.3 Å². The van der Waals surface area contributed by atoms with Gasteiger partial charge in [0.25, 0.3) is 0 Å². The van der Waals surface area contributed by atoms with Gasteiger partial charge in [0.2, 0.25) is 5.91 Å². The second kappa shape index (κ2) is 5.44. The van der Waals surface area contributed by atoms with Crippen LogP contribution in [0.4, 0.5) is 13.2 Å². The summed E-state index contributed by atoms with van der Waals surface area (Å²) in [6.45, 7) is 3.65. The highest BCUT2D eigenvalue weighted by molar-refractivity contribution is 5.85. The molecule has 0 saturated carbocycles. The number of halogens is 3. The first-order chi connectivity index (χ1) is 8.09. The number of hydrogen-bond acceptors (Lipinski definition) is 3. The predicted molar refractivity (Wildman–Crippen MR) is 62.0 cm³/mol. The third-order valence-corrected chi connectivity index (χ3v) is 2.83. The number of carbonyl (C=O) groups is 1. The molecule has 0 radical (unpaired) electrons. The van der Waals surface area contributed by atoms with Crippen LogP contribution in [-0.4, -0.2) is 60.1 Å². The average molecular weight is 267 g/mol. The lowest BCUT2D eigenvalue weighted by Crippen LogP contribution is -2.52. The summed E-state index contributed by atoms with van der Waals surface area (Å²) in [5.41, 5.74) is 4.74. The van der Waals surface area contributed by atoms with Crippen molar-refractivity contribution in [3.05, 3.63) is 0 Å². The van der Waals surface area contributed by atoms with Gasteiger partial charge in [0.05, 0.1) is 12.1 Å². The molecule has 0 aromatic carbocycles. The summed E-state index contributed by atoms with van der Waals surface area (Å²) in [5, 5.41) is 0. The molecular weight excluding hydrogens is 247 g/mol. The van der Waals surface area contributed by atoms with Gasteiger partial charge in [0, 0.05) is 26.2 Å². The van der Waals surface area contributed by atoms with E-state index in [0.717, 1.165) is 0 Å². The molecule has 4 nitrogen and oxygen atoms in total. The number of hydrogen-bond donors (Lipinski definition) is 1. The quantitative estimate of drug-likeness (QED) is 0.806. The Bertz CT molecular complexity index is 299. The summed E-state index contributed by atoms with van der Waals surface area (Å²) in [4.78, 5) is 14.8. The maximum Gasteiger partial charge on any atom is 0.401 e. The van der Waals surface area contributed by atoms with E-state index in [4.69, 9.17) is 5.73 Å². The van der Waals surface area contributed by atoms with Crippen molar-refractivity contribution in [2.45, 2.75) is 32.0 Å². The summed E-state index contributed by atoms with van der Waals surface area (Å²) in [5.74, 6) is -0.212. The van der Waals surface area contributed by atoms with Gasteiger partial charge in [-0.2, -0.15) is 13.2 Å². The molecule has 1 saturated heterocycles. The first-order valence-corrected chi connectivity index (χ1v) is 5.97. The molecule has 0 spiro atoms. The predicted octanol–water partition coefficient (Wildman–Crippen LogP) is 0.820. The lowest BCUT2D eigenvalue weighted by molar-refractivity contribution is -0.145. The highest BCUT2D eigenvalue weighted by atomic mass is 19.4. The van der Waals surface area contributed by atoms with Crippen LogP contribution in [0, 0.1) is 0 Å². The molecule has 1 rings (SSSR count). The van der Waals surface area contributed by atoms with Crippen LogP contribution in [0.25, 0.3) is 0 Å². The Hall–Kier alpha value is -0.820. The molecule has 0 aliphatic carbocycles. The molecule has 18 heavy (non-hydrogen) atoms. The fourth-order valence-corrected chi connectivity index (χ4v) is 1.99. The second-order valence-electron chi connectivity index (χ2n) is 5.26. The molecule has 7 heteroatoms. The molecule has 0 unspecified atom stereocenters. The number of nitrogens with zero attached hydrogens (tertiary/aromatic N) is 2. The van der Waals surface area contributed by atoms with Gasteiger partial charge in [-0.05, 0) is 20.3 Å². The minimum atomic E-state index is -4.19. The van der Waals surface area contributed by atoms with Gasteiger partial charge in [0.15, 0.2) is 0 Å². The Balaban J connectivity index is 2.54. The number of amides is 1. The summed E-state index contributed by atoms with van der Waals surface area (Å²) < 4.78 is 36.8. The molecule has 1 amide bonds. The van der Waals surface area contributed by atoms with Crippen LogP contribution in [0.15, 0.2) is 0 Å². The zero-order valence-corrected chi connectivity index (χ0v) is 10.8. The average Bonchev–Trinajstić information content (AvgIpc) is 2.38. The minimum Gasteiger partial charge on any atom is -0.340 e. The van der Waals surface area contributed by atoms with Crippen LogP contribution in [0.3, 0.4) is 0 Å². The zero-order valence-electron chi connectivity index (χ0n) is 10.8. The fraction of sp³-hybridized carbons (Fsp3) is 0.909. The maximum absolute atomic E-state index is 12.3. The zero-order chi connectivity index (χ0) is 14.0. The third kappa shape index (κ3) is 4.81. The van der Waals surface area contributed by atoms with E-state index in [1.54, 1.807) is 18.7 Å². The SMILES string of the molecule is CC(C)(N)C(=O)N1CCCN(CC(F)(F)F)CC1. The van der Waals surface area contributed by atoms with Crippen molar-refractivity contribution in [3.8, 4) is 0 Å². The number of nitrogens with two attached hydrogens (primary N) is 1. The molecule has 106 valence electrons. The molecule has 1 heterocycles. The normalized spacial score (nSPS) is 19.8. The Morgan fingerprint density at radius 3 is 2.28 bits per heavy atom. The number of rotatable bonds is 2. The first-order valence-electron chi connectivity index (χ1n) is 5.97. The molecular formula is C11H20F3N3O. The second-order valence-corrected chi connectivity index (χ2v) is 5.26. The largest absolute Gasteiger partial charge is 0.401 e. The maximum atomic E-state index is 12.3. The number of alkyl halides is 3. The van der Waals surface area contributed by atoms with E-state index >= 15 is 0 Å². The van der Waals surface area contributed by atoms with E-state index in [1.165, 1.54) is 4.90 Å². The van der Waals surface area contributed by atoms with Gasteiger partial charge < -0.3 is 10.6 Å². The van der Waals surface area contributed by atoms with Gasteiger partial charge >= 0.3 is 6.18 Å². The van der Waals surface area contributed by atoms with E-state index in [9.17, 15) is 18.0 Å². The van der Waals surface area contributed by atoms with Crippen molar-refractivity contribution in [1.82, 2.24) is 9.80 Å². The summed E-state index contributed by atoms with van der Waals surface area (Å²) in [6.07, 6.45) is -3.65. The van der Waals surface area contributed by atoms with Crippen LogP contribution in [0.5, 0.6) is 0 Å². The fourth-order valence-electron chi connectivity index (χ4n) is 1.99. The summed E-state index contributed by atoms with van der Waals surface area (Å²) >= 11 is 0. The highest BCUT2D eigenvalue weighted by Gasteiger charge is 2.33. The van der Waals surface area contributed by atoms with Crippen molar-refractivity contribution in [2.24, 2.45) is 5.73 Å². The van der Waals surface area contributed by atoms with Crippen LogP contribution in [-0.2, 0) is 4.79 Å². The van der Waals surface area contributed by atoms with E-state index in [0.29, 0.717) is 26.1 Å². The smallest absolute Gasteiger partial charge is 0.340 e. The standard InChI is InChI=1S/C11H20F3N3O/c1-10(2,15)9(18)17-5-3-4-16(6-7-17)8-11(12,13)14/h3-8,15H2,1-2H3. The van der Waals surface area contributed by atoms with Gasteiger partial charge in [-0.1, -0.05) is 0 Å². The molecule has 1 aliphatic rings. The van der Waals surface area contributed by atoms with Crippen LogP contribution < -0.4 is 5.73 Å². The van der Waals surface area contributed by atoms with Crippen molar-refractivity contribution >= 4 is 5.91 Å². The Morgan fingerprint density at radius 1 is 1.17 bits per heavy atom. The van der Waals surface area contributed by atoms with Gasteiger partial charge in [-0.15, -0.1) is 0 Å². The first kappa shape index (κ1) is 15.2. The van der Waals surface area contributed by atoms with Crippen LogP contribution in [0.2, 0.25) is 0 Å². The Morgan fingerprint density at radius 2 is 1.78 bits per heavy atom. The van der Waals surface area contributed by atoms with Gasteiger partial charge in [0.1, 0.15) is 0 Å². The van der Waals surface area contributed by atoms with Crippen molar-refractivity contribution in [3.63, 3.8) is 0 Å². The van der Waals surface area contributed by atoms with E-state index in [2.05, 4.69) is 0 Å². The third-order valence-electron chi connectivity index (χ3n) is 2.83. The van der Waals surface area contributed by atoms with E-state index in [1.807, 2.05) is 0 Å². The topological polar surface area (TPSA) is 49.6 Å². The molecule has 0 aromatic rings. The number of carbonyl (C=O) groups excluding carboxylic acids is 1. The van der Waals surface area contributed by atoms with Gasteiger partial charge in [-0.25, -0.2) is 0 Å². The summed E-state index contributed by atoms with van der Waals surface area (Å²) in [7, 11) is 0. The molecule has 0 atom stereocenters. The molecule has 0 bridgehead atoms. The van der Waals surface area contributed by atoms with Crippen molar-refractivity contribution in [2.75, 3.05) is 32.7 Å². The minimum absolute atomic E-state index is 0.212. The highest BCUT2D eigenvalue weighted by Crippen LogP contribution is 2.18. The molecule has 0 aromatic heterocycles. The summed E-state index contributed by atoms with van der Waals surface area (Å²) in [6, 6.07) is 0. The lowest BCUT2D eigenvalue weighted by Gasteiger charge is -2.28. The van der Waals surface area contributed by atoms with Gasteiger partial charge in [-0.3, -0.25) is 9.69 Å². The van der Waals surface area contributed by atoms with Crippen LogP contribution in [0.1, 0.15) is 20.3 Å². The monoisotopic (exact) mass is 267 g/mol. The van der Waals surface area contributed by atoms with Crippen molar-refractivity contribution < 1.29 is 18.0 Å². The lowest BCUT2D eigenvalue weighted by atomic mass is 10.1. The Kier molecular flexibility index (Phi) is 4.61. The van der Waals surface area contributed by atoms with E-state index in [-0.39, 0.29) is 12.5 Å².